The van der Waals surface area contributed by atoms with E-state index in [2.05, 4.69) is 60.7 Å². The predicted octanol–water partition coefficient (Wildman–Crippen LogP) is 4.74. The number of rotatable bonds is 0. The van der Waals surface area contributed by atoms with Crippen LogP contribution in [0.5, 0.6) is 0 Å². The molecule has 0 N–H and O–H groups in total. The molecular formula is C18H10Y2-2. The van der Waals surface area contributed by atoms with Crippen molar-refractivity contribution >= 4 is 32.3 Å². The van der Waals surface area contributed by atoms with Crippen LogP contribution in [0.1, 0.15) is 0 Å². The van der Waals surface area contributed by atoms with Crippen LogP contribution in [0.3, 0.4) is 0 Å². The minimum absolute atomic E-state index is 0. The summed E-state index contributed by atoms with van der Waals surface area (Å²) in [5, 5.41) is 7.69. The fourth-order valence-corrected chi connectivity index (χ4v) is 2.73. The Balaban J connectivity index is 0.000000735. The van der Waals surface area contributed by atoms with Crippen LogP contribution in [0.4, 0.5) is 0 Å². The van der Waals surface area contributed by atoms with Gasteiger partial charge in [-0.05, 0) is 0 Å². The molecule has 0 amide bonds. The van der Waals surface area contributed by atoms with Crippen LogP contribution in [0.15, 0.2) is 60.7 Å². The van der Waals surface area contributed by atoms with E-state index in [0.29, 0.717) is 0 Å². The van der Waals surface area contributed by atoms with Crippen LogP contribution in [0.2, 0.25) is 0 Å². The maximum atomic E-state index is 3.18. The first-order chi connectivity index (χ1) is 8.95. The van der Waals surface area contributed by atoms with E-state index in [1.54, 1.807) is 0 Å². The van der Waals surface area contributed by atoms with Gasteiger partial charge >= 0.3 is 0 Å². The van der Waals surface area contributed by atoms with E-state index in [9.17, 15) is 0 Å². The minimum atomic E-state index is 0. The Labute approximate surface area is 168 Å². The zero-order valence-corrected chi connectivity index (χ0v) is 16.6. The molecule has 2 radical (unpaired) electrons. The third-order valence-corrected chi connectivity index (χ3v) is 3.53. The third-order valence-electron chi connectivity index (χ3n) is 3.53. The Hall–Kier alpha value is -0.132. The van der Waals surface area contributed by atoms with Crippen LogP contribution in [0, 0.1) is 12.1 Å². The van der Waals surface area contributed by atoms with Crippen LogP contribution >= 0.6 is 0 Å². The van der Waals surface area contributed by atoms with Crippen molar-refractivity contribution in [2.24, 2.45) is 0 Å². The van der Waals surface area contributed by atoms with Gasteiger partial charge in [0, 0.05) is 65.4 Å². The van der Waals surface area contributed by atoms with Crippen LogP contribution in [-0.4, -0.2) is 0 Å². The molecule has 0 heterocycles. The Bertz CT molecular complexity index is 661. The number of benzene rings is 4. The van der Waals surface area contributed by atoms with E-state index in [4.69, 9.17) is 0 Å². The van der Waals surface area contributed by atoms with Gasteiger partial charge in [-0.2, -0.15) is 48.5 Å². The minimum Gasteiger partial charge on any atom is -0.183 e. The average Bonchev–Trinajstić information content (AvgIpc) is 2.48. The largest absolute Gasteiger partial charge is 0.183 e. The summed E-state index contributed by atoms with van der Waals surface area (Å²) in [7, 11) is 0. The van der Waals surface area contributed by atoms with Crippen molar-refractivity contribution in [2.45, 2.75) is 0 Å². The van der Waals surface area contributed by atoms with Gasteiger partial charge in [-0.3, -0.25) is 0 Å². The molecule has 90 valence electrons. The normalized spacial score (nSPS) is 10.2. The van der Waals surface area contributed by atoms with Crippen molar-refractivity contribution in [1.29, 1.82) is 0 Å². The Morgan fingerprint density at radius 1 is 0.500 bits per heavy atom. The fourth-order valence-electron chi connectivity index (χ4n) is 2.73. The molecule has 0 saturated heterocycles. The van der Waals surface area contributed by atoms with Crippen LogP contribution in [-0.2, 0) is 65.4 Å². The second-order valence-corrected chi connectivity index (χ2v) is 4.49. The van der Waals surface area contributed by atoms with Gasteiger partial charge in [0.05, 0.1) is 0 Å². The molecule has 0 aliphatic carbocycles. The molecule has 0 spiro atoms. The SMILES string of the molecule is [Y].[Y].[c-]1ccc2c(c1)c1ccccc1c1c[c-]ccc12. The van der Waals surface area contributed by atoms with E-state index in [1.807, 2.05) is 12.1 Å². The van der Waals surface area contributed by atoms with Crippen molar-refractivity contribution < 1.29 is 65.4 Å². The summed E-state index contributed by atoms with van der Waals surface area (Å²) in [6.07, 6.45) is 0. The molecule has 0 saturated carbocycles. The first kappa shape index (κ1) is 16.2. The molecular weight excluding hydrogens is 394 g/mol. The first-order valence-corrected chi connectivity index (χ1v) is 6.05. The molecule has 4 rings (SSSR count). The second-order valence-electron chi connectivity index (χ2n) is 4.49. The molecule has 0 aliphatic rings. The molecule has 0 bridgehead atoms. The number of hydrogen-bond acceptors (Lipinski definition) is 0. The van der Waals surface area contributed by atoms with Crippen molar-refractivity contribution in [2.75, 3.05) is 0 Å². The molecule has 4 aromatic carbocycles. The quantitative estimate of drug-likeness (QED) is 0.294. The summed E-state index contributed by atoms with van der Waals surface area (Å²) in [4.78, 5) is 0. The molecule has 20 heavy (non-hydrogen) atoms. The standard InChI is InChI=1S/C18H10.2Y/c1-2-8-14-13(7-1)15-9-3-4-11-17(15)18-12-6-5-10-16(14)18;;/h1-2,4,6-12H;;/q-2;;. The molecule has 0 unspecified atom stereocenters. The van der Waals surface area contributed by atoms with Gasteiger partial charge < -0.3 is 0 Å². The maximum Gasteiger partial charge on any atom is 0 e. The van der Waals surface area contributed by atoms with E-state index >= 15 is 0 Å². The van der Waals surface area contributed by atoms with E-state index in [1.165, 1.54) is 32.3 Å². The molecule has 0 atom stereocenters. The molecule has 2 heteroatoms. The predicted molar refractivity (Wildman–Crippen MR) is 76.6 cm³/mol. The monoisotopic (exact) mass is 404 g/mol. The Morgan fingerprint density at radius 2 is 0.900 bits per heavy atom. The van der Waals surface area contributed by atoms with E-state index in [0.717, 1.165) is 0 Å². The van der Waals surface area contributed by atoms with Crippen molar-refractivity contribution in [3.05, 3.63) is 72.8 Å². The summed E-state index contributed by atoms with van der Waals surface area (Å²) in [5.74, 6) is 0. The molecule has 0 aromatic heterocycles. The van der Waals surface area contributed by atoms with Gasteiger partial charge in [0.15, 0.2) is 0 Å². The van der Waals surface area contributed by atoms with E-state index < -0.39 is 0 Å². The zero-order chi connectivity index (χ0) is 11.9. The van der Waals surface area contributed by atoms with Crippen LogP contribution < -0.4 is 0 Å². The van der Waals surface area contributed by atoms with Gasteiger partial charge in [-0.15, -0.1) is 21.5 Å². The average molecular weight is 404 g/mol. The Morgan fingerprint density at radius 3 is 1.35 bits per heavy atom. The fraction of sp³-hybridized carbons (Fsp3) is 0. The zero-order valence-electron chi connectivity index (χ0n) is 10.9. The molecule has 0 aliphatic heterocycles. The van der Waals surface area contributed by atoms with Gasteiger partial charge in [0.25, 0.3) is 0 Å². The van der Waals surface area contributed by atoms with Gasteiger partial charge in [-0.25, -0.2) is 0 Å². The molecule has 0 fully saturated rings. The van der Waals surface area contributed by atoms with Crippen molar-refractivity contribution in [1.82, 2.24) is 0 Å². The molecule has 0 nitrogen and oxygen atoms in total. The van der Waals surface area contributed by atoms with Gasteiger partial charge in [-0.1, -0.05) is 35.0 Å². The van der Waals surface area contributed by atoms with Gasteiger partial charge in [0.1, 0.15) is 0 Å². The smallest absolute Gasteiger partial charge is 0 e. The van der Waals surface area contributed by atoms with Crippen molar-refractivity contribution in [3.8, 4) is 0 Å². The topological polar surface area (TPSA) is 0 Å². The Kier molecular flexibility index (Phi) is 5.48. The maximum absolute atomic E-state index is 3.18. The van der Waals surface area contributed by atoms with Crippen LogP contribution in [0.25, 0.3) is 32.3 Å². The second kappa shape index (κ2) is 6.75. The summed E-state index contributed by atoms with van der Waals surface area (Å²) in [6.45, 7) is 0. The van der Waals surface area contributed by atoms with Crippen molar-refractivity contribution in [3.63, 3.8) is 0 Å². The van der Waals surface area contributed by atoms with E-state index in [-0.39, 0.29) is 65.4 Å². The summed E-state index contributed by atoms with van der Waals surface area (Å²) in [6, 6.07) is 27.3. The summed E-state index contributed by atoms with van der Waals surface area (Å²) in [5.41, 5.74) is 0. The summed E-state index contributed by atoms with van der Waals surface area (Å²) >= 11 is 0. The first-order valence-electron chi connectivity index (χ1n) is 6.05. The summed E-state index contributed by atoms with van der Waals surface area (Å²) < 4.78 is 0. The third kappa shape index (κ3) is 2.53. The number of fused-ring (bicyclic) bond motifs is 6. The van der Waals surface area contributed by atoms with Gasteiger partial charge in [0.2, 0.25) is 0 Å². The number of hydrogen-bond donors (Lipinski definition) is 0. The molecule has 4 aromatic rings.